The number of pyridine rings is 1. The van der Waals surface area contributed by atoms with Gasteiger partial charge in [0.2, 0.25) is 0 Å². The highest BCUT2D eigenvalue weighted by atomic mass is 35.5. The molecule has 1 heterocycles. The van der Waals surface area contributed by atoms with Gasteiger partial charge >= 0.3 is 0 Å². The first-order valence-corrected chi connectivity index (χ1v) is 8.27. The minimum absolute atomic E-state index is 0.191. The van der Waals surface area contributed by atoms with Gasteiger partial charge in [-0.2, -0.15) is 0 Å². The molecule has 0 aliphatic carbocycles. The van der Waals surface area contributed by atoms with Crippen molar-refractivity contribution in [1.29, 1.82) is 0 Å². The number of amides is 1. The molecule has 0 atom stereocenters. The van der Waals surface area contributed by atoms with E-state index in [-0.39, 0.29) is 5.91 Å². The lowest BCUT2D eigenvalue weighted by atomic mass is 10.2. The fourth-order valence-corrected chi connectivity index (χ4v) is 2.55. The number of anilines is 2. The third-order valence-corrected chi connectivity index (χ3v) is 4.02. The van der Waals surface area contributed by atoms with Crippen molar-refractivity contribution >= 4 is 29.0 Å². The lowest BCUT2D eigenvalue weighted by Crippen LogP contribution is -2.18. The summed E-state index contributed by atoms with van der Waals surface area (Å²) in [4.78, 5) is 18.7. The van der Waals surface area contributed by atoms with E-state index in [4.69, 9.17) is 11.6 Å². The van der Waals surface area contributed by atoms with Gasteiger partial charge in [-0.1, -0.05) is 41.9 Å². The molecule has 5 heteroatoms. The Bertz CT molecular complexity index is 833. The minimum Gasteiger partial charge on any atom is -0.355 e. The molecule has 0 bridgehead atoms. The molecule has 126 valence electrons. The predicted molar refractivity (Wildman–Crippen MR) is 102 cm³/mol. The number of hydrogen-bond acceptors (Lipinski definition) is 3. The van der Waals surface area contributed by atoms with Gasteiger partial charge in [-0.3, -0.25) is 4.79 Å². The average Bonchev–Trinajstić information content (AvgIpc) is 2.63. The topological polar surface area (TPSA) is 45.2 Å². The van der Waals surface area contributed by atoms with Crippen molar-refractivity contribution in [2.45, 2.75) is 6.54 Å². The van der Waals surface area contributed by atoms with Crippen LogP contribution in [-0.2, 0) is 6.54 Å². The fraction of sp³-hybridized carbons (Fsp3) is 0.100. The number of carbonyl (C=O) groups is 1. The zero-order valence-electron chi connectivity index (χ0n) is 13.8. The molecule has 0 unspecified atom stereocenters. The molecule has 1 N–H and O–H groups in total. The Balaban J connectivity index is 1.63. The highest BCUT2D eigenvalue weighted by molar-refractivity contribution is 6.30. The molecule has 1 amide bonds. The summed E-state index contributed by atoms with van der Waals surface area (Å²) in [7, 11) is 1.99. The molecular formula is C20H18ClN3O. The van der Waals surface area contributed by atoms with Gasteiger partial charge in [0.1, 0.15) is 5.82 Å². The predicted octanol–water partition coefficient (Wildman–Crippen LogP) is 4.62. The second kappa shape index (κ2) is 7.81. The van der Waals surface area contributed by atoms with Crippen molar-refractivity contribution in [3.8, 4) is 0 Å². The van der Waals surface area contributed by atoms with E-state index in [1.165, 1.54) is 5.56 Å². The second-order valence-corrected chi connectivity index (χ2v) is 6.14. The Morgan fingerprint density at radius 2 is 1.76 bits per heavy atom. The number of nitrogens with zero attached hydrogens (tertiary/aromatic N) is 2. The van der Waals surface area contributed by atoms with E-state index in [0.717, 1.165) is 12.4 Å². The van der Waals surface area contributed by atoms with E-state index < -0.39 is 0 Å². The van der Waals surface area contributed by atoms with Crippen LogP contribution in [0.1, 0.15) is 15.9 Å². The smallest absolute Gasteiger partial charge is 0.255 e. The van der Waals surface area contributed by atoms with Crippen LogP contribution in [-0.4, -0.2) is 17.9 Å². The lowest BCUT2D eigenvalue weighted by molar-refractivity contribution is 0.102. The molecule has 2 aromatic carbocycles. The van der Waals surface area contributed by atoms with E-state index >= 15 is 0 Å². The maximum atomic E-state index is 12.2. The maximum Gasteiger partial charge on any atom is 0.255 e. The quantitative estimate of drug-likeness (QED) is 0.729. The minimum atomic E-state index is -0.191. The largest absolute Gasteiger partial charge is 0.355 e. The summed E-state index contributed by atoms with van der Waals surface area (Å²) in [5.74, 6) is 0.650. The summed E-state index contributed by atoms with van der Waals surface area (Å²) >= 11 is 5.84. The van der Waals surface area contributed by atoms with Gasteiger partial charge in [0, 0.05) is 24.2 Å². The fourth-order valence-electron chi connectivity index (χ4n) is 2.43. The van der Waals surface area contributed by atoms with Crippen molar-refractivity contribution in [1.82, 2.24) is 4.98 Å². The molecule has 0 fully saturated rings. The summed E-state index contributed by atoms with van der Waals surface area (Å²) in [6.07, 6.45) is 1.66. The van der Waals surface area contributed by atoms with Gasteiger partial charge in [0.15, 0.2) is 0 Å². The van der Waals surface area contributed by atoms with Crippen molar-refractivity contribution in [2.75, 3.05) is 17.3 Å². The molecule has 0 saturated heterocycles. The zero-order chi connectivity index (χ0) is 17.6. The first-order valence-electron chi connectivity index (χ1n) is 7.90. The number of halogens is 1. The van der Waals surface area contributed by atoms with Crippen LogP contribution in [0.5, 0.6) is 0 Å². The number of carbonyl (C=O) groups excluding carboxylic acids is 1. The van der Waals surface area contributed by atoms with Crippen LogP contribution in [0.4, 0.5) is 11.5 Å². The summed E-state index contributed by atoms with van der Waals surface area (Å²) in [6, 6.07) is 20.7. The number of benzene rings is 2. The number of hydrogen-bond donors (Lipinski definition) is 1. The summed E-state index contributed by atoms with van der Waals surface area (Å²) < 4.78 is 0. The molecule has 0 spiro atoms. The van der Waals surface area contributed by atoms with Gasteiger partial charge in [-0.05, 0) is 42.0 Å². The van der Waals surface area contributed by atoms with Gasteiger partial charge in [-0.15, -0.1) is 0 Å². The van der Waals surface area contributed by atoms with Gasteiger partial charge in [-0.25, -0.2) is 4.98 Å². The van der Waals surface area contributed by atoms with Crippen LogP contribution in [0.25, 0.3) is 0 Å². The highest BCUT2D eigenvalue weighted by Gasteiger charge is 2.08. The Morgan fingerprint density at radius 1 is 1.04 bits per heavy atom. The second-order valence-electron chi connectivity index (χ2n) is 5.71. The summed E-state index contributed by atoms with van der Waals surface area (Å²) in [6.45, 7) is 0.768. The first kappa shape index (κ1) is 17.0. The highest BCUT2D eigenvalue weighted by Crippen LogP contribution is 2.17. The van der Waals surface area contributed by atoms with E-state index in [1.807, 2.05) is 37.4 Å². The normalized spacial score (nSPS) is 10.3. The summed E-state index contributed by atoms with van der Waals surface area (Å²) in [5.41, 5.74) is 2.42. The molecule has 3 rings (SSSR count). The Hall–Kier alpha value is -2.85. The van der Waals surface area contributed by atoms with E-state index in [2.05, 4.69) is 27.3 Å². The van der Waals surface area contributed by atoms with Crippen molar-refractivity contribution in [3.05, 3.63) is 89.1 Å². The molecule has 0 radical (unpaired) electrons. The molecule has 25 heavy (non-hydrogen) atoms. The first-order chi connectivity index (χ1) is 12.1. The number of aromatic nitrogens is 1. The van der Waals surface area contributed by atoms with E-state index in [9.17, 15) is 4.79 Å². The average molecular weight is 352 g/mol. The third kappa shape index (κ3) is 4.58. The number of rotatable bonds is 5. The molecule has 0 aliphatic heterocycles. The van der Waals surface area contributed by atoms with Crippen molar-refractivity contribution < 1.29 is 4.79 Å². The Labute approximate surface area is 152 Å². The van der Waals surface area contributed by atoms with Gasteiger partial charge in [0.25, 0.3) is 5.91 Å². The molecule has 0 aliphatic rings. The Morgan fingerprint density at radius 3 is 2.40 bits per heavy atom. The standard InChI is InChI=1S/C20H18ClN3O/c1-24(14-15-5-3-2-4-6-15)19-12-11-18(13-22-19)23-20(25)16-7-9-17(21)10-8-16/h2-13H,14H2,1H3,(H,23,25). The van der Waals surface area contributed by atoms with Crippen molar-refractivity contribution in [3.63, 3.8) is 0 Å². The summed E-state index contributed by atoms with van der Waals surface area (Å²) in [5, 5.41) is 3.43. The van der Waals surface area contributed by atoms with Crippen LogP contribution in [0.3, 0.4) is 0 Å². The molecule has 0 saturated carbocycles. The Kier molecular flexibility index (Phi) is 5.31. The van der Waals surface area contributed by atoms with Crippen LogP contribution >= 0.6 is 11.6 Å². The van der Waals surface area contributed by atoms with Gasteiger partial charge < -0.3 is 10.2 Å². The molecule has 3 aromatic rings. The van der Waals surface area contributed by atoms with Crippen molar-refractivity contribution in [2.24, 2.45) is 0 Å². The SMILES string of the molecule is CN(Cc1ccccc1)c1ccc(NC(=O)c2ccc(Cl)cc2)cn1. The zero-order valence-corrected chi connectivity index (χ0v) is 14.6. The monoisotopic (exact) mass is 351 g/mol. The van der Waals surface area contributed by atoms with Crippen LogP contribution in [0, 0.1) is 0 Å². The van der Waals surface area contributed by atoms with Gasteiger partial charge in [0.05, 0.1) is 11.9 Å². The number of nitrogens with one attached hydrogen (secondary N) is 1. The molecule has 1 aromatic heterocycles. The van der Waals surface area contributed by atoms with Crippen LogP contribution in [0.2, 0.25) is 5.02 Å². The lowest BCUT2D eigenvalue weighted by Gasteiger charge is -2.18. The molecule has 4 nitrogen and oxygen atoms in total. The van der Waals surface area contributed by atoms with E-state index in [0.29, 0.717) is 16.3 Å². The van der Waals surface area contributed by atoms with E-state index in [1.54, 1.807) is 30.5 Å². The third-order valence-electron chi connectivity index (χ3n) is 3.77. The molecular weight excluding hydrogens is 334 g/mol. The van der Waals surface area contributed by atoms with Crippen LogP contribution < -0.4 is 10.2 Å². The van der Waals surface area contributed by atoms with Crippen LogP contribution in [0.15, 0.2) is 72.9 Å². The maximum absolute atomic E-state index is 12.2.